The molecule has 8 rings (SSSR count). The average molecular weight is 958 g/mol. The van der Waals surface area contributed by atoms with Gasteiger partial charge in [0, 0.05) is 43.8 Å². The number of para-hydroxylation sites is 2. The van der Waals surface area contributed by atoms with Gasteiger partial charge in [-0.15, -0.1) is 42.0 Å². The van der Waals surface area contributed by atoms with Crippen molar-refractivity contribution >= 4 is 35.3 Å². The molecule has 3 heterocycles. The summed E-state index contributed by atoms with van der Waals surface area (Å²) in [6, 6.07) is 43.7. The second kappa shape index (κ2) is 17.9. The molecule has 0 aliphatic heterocycles. The molecule has 0 aliphatic carbocycles. The molecule has 0 saturated heterocycles. The molecule has 4 nitrogen and oxygen atoms in total. The number of aromatic nitrogens is 3. The number of hydrogen-bond acceptors (Lipinski definition) is 3. The molecule has 0 spiro atoms. The first kappa shape index (κ1) is 42.7. The second-order valence-electron chi connectivity index (χ2n) is 17.4. The van der Waals surface area contributed by atoms with Crippen LogP contribution in [0.15, 0.2) is 126 Å². The van der Waals surface area contributed by atoms with Crippen molar-refractivity contribution < 1.29 is 24.5 Å². The molecule has 299 valence electrons. The summed E-state index contributed by atoms with van der Waals surface area (Å²) >= 11 is 0. The van der Waals surface area contributed by atoms with Crippen LogP contribution in [0, 0.1) is 25.2 Å². The summed E-state index contributed by atoms with van der Waals surface area (Å²) in [4.78, 5) is 9.84. The summed E-state index contributed by atoms with van der Waals surface area (Å²) in [6.45, 7) is 22.9. The number of nitrogens with zero attached hydrogens (tertiary/aromatic N) is 3. The topological polar surface area (TPSA) is 43.9 Å². The van der Waals surface area contributed by atoms with Gasteiger partial charge in [0.1, 0.15) is 0 Å². The number of furan rings is 1. The van der Waals surface area contributed by atoms with Crippen molar-refractivity contribution in [3.05, 3.63) is 156 Å². The average Bonchev–Trinajstić information content (AvgIpc) is 3.78. The van der Waals surface area contributed by atoms with Gasteiger partial charge in [0.25, 0.3) is 0 Å². The molecule has 58 heavy (non-hydrogen) atoms. The monoisotopic (exact) mass is 958 g/mol. The first-order valence-electron chi connectivity index (χ1n) is 20.4. The molecule has 0 unspecified atom stereocenters. The fourth-order valence-electron chi connectivity index (χ4n) is 7.76. The van der Waals surface area contributed by atoms with Gasteiger partial charge in [-0.1, -0.05) is 144 Å². The van der Waals surface area contributed by atoms with E-state index < -0.39 is 8.07 Å². The van der Waals surface area contributed by atoms with Crippen molar-refractivity contribution in [2.45, 2.75) is 86.4 Å². The van der Waals surface area contributed by atoms with E-state index in [0.29, 0.717) is 17.8 Å². The molecular weight excluding hydrogens is 903 g/mol. The Morgan fingerprint density at radius 2 is 1.41 bits per heavy atom. The molecule has 0 amide bonds. The van der Waals surface area contributed by atoms with Gasteiger partial charge in [0.05, 0.1) is 24.9 Å². The summed E-state index contributed by atoms with van der Waals surface area (Å²) in [5.74, 6) is 2.16. The molecular formula is C52H55IrN3OSi-2. The van der Waals surface area contributed by atoms with Crippen molar-refractivity contribution in [2.75, 3.05) is 0 Å². The van der Waals surface area contributed by atoms with E-state index in [1.807, 2.05) is 18.2 Å². The van der Waals surface area contributed by atoms with Crippen molar-refractivity contribution in [2.24, 2.45) is 5.92 Å². The van der Waals surface area contributed by atoms with Crippen molar-refractivity contribution in [1.82, 2.24) is 14.5 Å². The van der Waals surface area contributed by atoms with Crippen molar-refractivity contribution in [3.8, 4) is 39.5 Å². The molecule has 0 fully saturated rings. The predicted octanol–water partition coefficient (Wildman–Crippen LogP) is 13.8. The Labute approximate surface area is 360 Å². The standard InChI is InChI=1S/C34H31N2O.C18H24NSi.Ir/c1-21(2)27-18-25(24-11-7-6-8-12-24)19-28(22(3)4)33(27)36-31-14-10-9-13-30(31)35-34(36)29-20-37-32-17-23(5)15-16-26(29)32;1-14(2)11-16-12-17(15-9-7-6-8-10-15)19-13-18(16)20(3,4)5;/h6-19,21-22H,1-5H3;6-9,12-14H,11H2,1-5H3;/q2*-1;. The Morgan fingerprint density at radius 3 is 2.05 bits per heavy atom. The van der Waals surface area contributed by atoms with Gasteiger partial charge in [-0.05, 0) is 88.5 Å². The van der Waals surface area contributed by atoms with Crippen LogP contribution in [0.3, 0.4) is 0 Å². The van der Waals surface area contributed by atoms with E-state index in [9.17, 15) is 0 Å². The molecule has 8 aromatic rings. The van der Waals surface area contributed by atoms with E-state index in [2.05, 4.69) is 193 Å². The summed E-state index contributed by atoms with van der Waals surface area (Å²) in [5, 5.41) is 2.52. The largest absolute Gasteiger partial charge is 0.557 e. The van der Waals surface area contributed by atoms with Crippen molar-refractivity contribution in [1.29, 1.82) is 0 Å². The molecule has 0 N–H and O–H groups in total. The number of imidazole rings is 1. The zero-order valence-electron chi connectivity index (χ0n) is 35.6. The Kier molecular flexibility index (Phi) is 13.2. The number of rotatable bonds is 9. The smallest absolute Gasteiger partial charge is 0.0798 e. The van der Waals surface area contributed by atoms with Crippen LogP contribution in [0.2, 0.25) is 19.6 Å². The first-order valence-corrected chi connectivity index (χ1v) is 23.9. The zero-order chi connectivity index (χ0) is 40.4. The van der Waals surface area contributed by atoms with Gasteiger partial charge in [0.15, 0.2) is 0 Å². The third-order valence-electron chi connectivity index (χ3n) is 10.6. The van der Waals surface area contributed by atoms with Gasteiger partial charge in [-0.3, -0.25) is 4.98 Å². The van der Waals surface area contributed by atoms with Gasteiger partial charge >= 0.3 is 0 Å². The molecule has 0 saturated carbocycles. The van der Waals surface area contributed by atoms with E-state index in [1.54, 1.807) is 0 Å². The van der Waals surface area contributed by atoms with E-state index in [4.69, 9.17) is 9.40 Å². The molecule has 3 aromatic heterocycles. The van der Waals surface area contributed by atoms with Crippen LogP contribution in [0.25, 0.3) is 61.5 Å². The fourth-order valence-corrected chi connectivity index (χ4v) is 9.35. The quantitative estimate of drug-likeness (QED) is 0.107. The van der Waals surface area contributed by atoms with E-state index in [1.165, 1.54) is 38.7 Å². The van der Waals surface area contributed by atoms with Gasteiger partial charge < -0.3 is 14.0 Å². The van der Waals surface area contributed by atoms with E-state index in [0.717, 1.165) is 56.6 Å². The van der Waals surface area contributed by atoms with Gasteiger partial charge in [-0.2, -0.15) is 0 Å². The van der Waals surface area contributed by atoms with E-state index in [-0.39, 0.29) is 20.1 Å². The SMILES string of the molecule is CC(C)Cc1cc(-c2[c-]cccc2)ncc1[Si](C)(C)C.Cc1ccc2c(-c3nc4ccccc4n3-c3c(C(C)C)cc(-c4ccccc4)cc3C(C)C)[c-]oc2c1.[Ir]. The number of fused-ring (bicyclic) bond motifs is 2. The molecule has 6 heteroatoms. The molecule has 1 radical (unpaired) electrons. The number of pyridine rings is 1. The first-order chi connectivity index (χ1) is 27.3. The maximum atomic E-state index is 5.93. The number of hydrogen-bond donors (Lipinski definition) is 0. The predicted molar refractivity (Wildman–Crippen MR) is 243 cm³/mol. The van der Waals surface area contributed by atoms with Crippen LogP contribution in [0.4, 0.5) is 0 Å². The Bertz CT molecular complexity index is 2600. The summed E-state index contributed by atoms with van der Waals surface area (Å²) in [6.07, 6.45) is 6.44. The van der Waals surface area contributed by atoms with Crippen LogP contribution in [-0.4, -0.2) is 22.6 Å². The molecule has 0 aliphatic rings. The summed E-state index contributed by atoms with van der Waals surface area (Å²) < 4.78 is 8.27. The van der Waals surface area contributed by atoms with E-state index >= 15 is 0 Å². The minimum Gasteiger partial charge on any atom is -0.557 e. The number of aryl methyl sites for hydroxylation is 1. The summed E-state index contributed by atoms with van der Waals surface area (Å²) in [5.41, 5.74) is 14.8. The Balaban J connectivity index is 0.000000230. The van der Waals surface area contributed by atoms with Gasteiger partial charge in [-0.25, -0.2) is 0 Å². The molecule has 0 atom stereocenters. The third-order valence-corrected chi connectivity index (χ3v) is 12.7. The third kappa shape index (κ3) is 9.05. The van der Waals surface area contributed by atoms with Crippen LogP contribution in [-0.2, 0) is 26.5 Å². The Morgan fingerprint density at radius 1 is 0.741 bits per heavy atom. The summed E-state index contributed by atoms with van der Waals surface area (Å²) in [7, 11) is -1.34. The molecule has 5 aromatic carbocycles. The van der Waals surface area contributed by atoms with Crippen LogP contribution in [0.5, 0.6) is 0 Å². The number of benzene rings is 5. The minimum absolute atomic E-state index is 0. The maximum Gasteiger partial charge on any atom is 0.0798 e. The maximum absolute atomic E-state index is 5.93. The van der Waals surface area contributed by atoms with Crippen LogP contribution in [0.1, 0.15) is 75.6 Å². The van der Waals surface area contributed by atoms with Crippen LogP contribution < -0.4 is 5.19 Å². The normalized spacial score (nSPS) is 11.7. The molecule has 0 bridgehead atoms. The minimum atomic E-state index is -1.34. The zero-order valence-corrected chi connectivity index (χ0v) is 39.0. The van der Waals surface area contributed by atoms with Gasteiger partial charge in [0.2, 0.25) is 0 Å². The van der Waals surface area contributed by atoms with Crippen molar-refractivity contribution in [3.63, 3.8) is 0 Å². The Hall–Kier alpha value is -4.87. The second-order valence-corrected chi connectivity index (χ2v) is 22.4. The fraction of sp³-hybridized carbons (Fsp3) is 0.269. The van der Waals surface area contributed by atoms with Crippen LogP contribution >= 0.6 is 0 Å².